The van der Waals surface area contributed by atoms with Crippen LogP contribution in [0.5, 0.6) is 0 Å². The monoisotopic (exact) mass is 610 g/mol. The van der Waals surface area contributed by atoms with E-state index >= 15 is 0 Å². The Labute approximate surface area is 252 Å². The number of aldehydes is 2. The van der Waals surface area contributed by atoms with Gasteiger partial charge in [-0.05, 0) is 37.4 Å². The Balaban J connectivity index is 0.000000173. The van der Waals surface area contributed by atoms with Crippen LogP contribution in [0.15, 0.2) is 53.9 Å². The first kappa shape index (κ1) is 32.1. The Morgan fingerprint density at radius 3 is 2.49 bits per heavy atom. The number of alkyl halides is 2. The highest BCUT2D eigenvalue weighted by Crippen LogP contribution is 2.50. The number of thiophene rings is 1. The van der Waals surface area contributed by atoms with Gasteiger partial charge in [-0.2, -0.15) is 14.0 Å². The van der Waals surface area contributed by atoms with Gasteiger partial charge in [0.05, 0.1) is 44.5 Å². The summed E-state index contributed by atoms with van der Waals surface area (Å²) in [6, 6.07) is 14.3. The molecule has 1 spiro atoms. The SMILES string of the molecule is CN1CC2(CC1C(=O)NCc1cc(C#N)cs1)OCCO2.CNCC=O.O=Cc1ccc2c(c1)-c1ccccc1C2(F)F. The number of likely N-dealkylation sites (N-methyl/N-ethyl adjacent to an activating group) is 2. The second kappa shape index (κ2) is 14.1. The number of carbonyl (C=O) groups excluding carboxylic acids is 3. The molecule has 0 saturated carbocycles. The number of hydrogen-bond acceptors (Lipinski definition) is 9. The van der Waals surface area contributed by atoms with E-state index in [2.05, 4.69) is 16.7 Å². The number of fused-ring (bicyclic) bond motifs is 3. The van der Waals surface area contributed by atoms with Crippen molar-refractivity contribution in [3.63, 3.8) is 0 Å². The fraction of sp³-hybridized carbons (Fsp3) is 0.355. The first-order valence-electron chi connectivity index (χ1n) is 13.6. The lowest BCUT2D eigenvalue weighted by molar-refractivity contribution is -0.146. The van der Waals surface area contributed by atoms with Crippen molar-refractivity contribution in [1.82, 2.24) is 15.5 Å². The van der Waals surface area contributed by atoms with Crippen molar-refractivity contribution >= 4 is 29.8 Å². The van der Waals surface area contributed by atoms with Crippen molar-refractivity contribution in [2.75, 3.05) is 40.4 Å². The van der Waals surface area contributed by atoms with Gasteiger partial charge in [-0.3, -0.25) is 14.5 Å². The summed E-state index contributed by atoms with van der Waals surface area (Å²) in [6.07, 6.45) is 2.04. The number of ether oxygens (including phenoxy) is 2. The molecule has 1 atom stereocenters. The number of amides is 1. The molecule has 2 fully saturated rings. The minimum Gasteiger partial charge on any atom is -0.350 e. The van der Waals surface area contributed by atoms with Gasteiger partial charge >= 0.3 is 0 Å². The summed E-state index contributed by atoms with van der Waals surface area (Å²) in [7, 11) is 3.64. The largest absolute Gasteiger partial charge is 0.350 e. The highest BCUT2D eigenvalue weighted by atomic mass is 32.1. The third-order valence-corrected chi connectivity index (χ3v) is 8.16. The van der Waals surface area contributed by atoms with Gasteiger partial charge < -0.3 is 24.9 Å². The highest BCUT2D eigenvalue weighted by Gasteiger charge is 2.49. The molecule has 43 heavy (non-hydrogen) atoms. The smallest absolute Gasteiger partial charge is 0.299 e. The standard InChI is InChI=1S/C14H8F2O.C14H17N3O3S.C3H7NO/c15-14(16)12-4-2-1-3-10(12)11-7-9(8-17)5-6-13(11)14;1-17-9-14(19-2-3-20-14)5-12(17)13(18)16-7-11-4-10(6-15)8-21-11;1-4-2-3-5/h1-8H;4,8,12H,2-3,5,7,9H2,1H3,(H,16,18);3-4H,2H2,1H3. The maximum Gasteiger partial charge on any atom is 0.299 e. The molecule has 2 N–H and O–H groups in total. The minimum absolute atomic E-state index is 0.0121. The van der Waals surface area contributed by atoms with Gasteiger partial charge in [0.1, 0.15) is 18.6 Å². The number of nitrogens with one attached hydrogen (secondary N) is 2. The number of nitriles is 1. The van der Waals surface area contributed by atoms with Crippen molar-refractivity contribution in [1.29, 1.82) is 5.26 Å². The Hall–Kier alpha value is -3.86. The first-order valence-corrected chi connectivity index (χ1v) is 14.4. The van der Waals surface area contributed by atoms with Gasteiger partial charge in [-0.25, -0.2) is 0 Å². The predicted molar refractivity (Wildman–Crippen MR) is 157 cm³/mol. The van der Waals surface area contributed by atoms with Gasteiger partial charge in [0.2, 0.25) is 5.91 Å². The molecule has 1 unspecified atom stereocenters. The van der Waals surface area contributed by atoms with Gasteiger partial charge in [0.15, 0.2) is 5.79 Å². The molecule has 1 amide bonds. The third kappa shape index (κ3) is 7.21. The molecule has 3 aliphatic rings. The lowest BCUT2D eigenvalue weighted by Gasteiger charge is -2.20. The fourth-order valence-corrected chi connectivity index (χ4v) is 5.93. The van der Waals surface area contributed by atoms with Crippen LogP contribution in [0.1, 0.15) is 38.3 Å². The maximum atomic E-state index is 14.1. The number of halogens is 2. The van der Waals surface area contributed by atoms with E-state index in [1.54, 1.807) is 36.7 Å². The summed E-state index contributed by atoms with van der Waals surface area (Å²) in [5.74, 6) is -3.60. The van der Waals surface area contributed by atoms with Crippen LogP contribution in [-0.4, -0.2) is 75.6 Å². The van der Waals surface area contributed by atoms with E-state index in [0.29, 0.717) is 67.8 Å². The number of rotatable bonds is 6. The Morgan fingerprint density at radius 1 is 1.14 bits per heavy atom. The average molecular weight is 611 g/mol. The quantitative estimate of drug-likeness (QED) is 0.406. The summed E-state index contributed by atoms with van der Waals surface area (Å²) >= 11 is 1.48. The van der Waals surface area contributed by atoms with Crippen LogP contribution >= 0.6 is 11.3 Å². The van der Waals surface area contributed by atoms with E-state index in [9.17, 15) is 23.2 Å². The Morgan fingerprint density at radius 2 is 1.86 bits per heavy atom. The molecule has 1 aromatic heterocycles. The molecule has 12 heteroatoms. The molecule has 1 aliphatic carbocycles. The van der Waals surface area contributed by atoms with E-state index in [-0.39, 0.29) is 23.1 Å². The second-order valence-corrected chi connectivity index (χ2v) is 11.1. The second-order valence-electron chi connectivity index (χ2n) is 10.1. The number of benzene rings is 2. The van der Waals surface area contributed by atoms with Crippen molar-refractivity contribution in [2.45, 2.75) is 30.7 Å². The Kier molecular flexibility index (Phi) is 10.5. The van der Waals surface area contributed by atoms with Crippen LogP contribution in [0.4, 0.5) is 8.78 Å². The molecule has 2 aliphatic heterocycles. The molecule has 2 aromatic carbocycles. The van der Waals surface area contributed by atoms with E-state index in [4.69, 9.17) is 14.7 Å². The minimum atomic E-state index is -2.96. The van der Waals surface area contributed by atoms with Crippen molar-refractivity contribution in [3.8, 4) is 17.2 Å². The predicted octanol–water partition coefficient (Wildman–Crippen LogP) is 3.71. The van der Waals surface area contributed by atoms with Crippen LogP contribution in [0.3, 0.4) is 0 Å². The van der Waals surface area contributed by atoms with Crippen molar-refractivity contribution in [3.05, 3.63) is 81.0 Å². The van der Waals surface area contributed by atoms with Crippen LogP contribution in [0.25, 0.3) is 11.1 Å². The molecule has 6 rings (SSSR count). The van der Waals surface area contributed by atoms with Gasteiger partial charge in [0.25, 0.3) is 5.92 Å². The third-order valence-electron chi connectivity index (χ3n) is 7.22. The van der Waals surface area contributed by atoms with Crippen LogP contribution in [0, 0.1) is 11.3 Å². The number of carbonyl (C=O) groups is 3. The topological polar surface area (TPSA) is 121 Å². The number of hydrogen-bond donors (Lipinski definition) is 2. The molecule has 0 radical (unpaired) electrons. The summed E-state index contributed by atoms with van der Waals surface area (Å²) in [4.78, 5) is 35.3. The normalized spacial score (nSPS) is 18.7. The molecular formula is C31H32F2N4O5S. The van der Waals surface area contributed by atoms with Crippen molar-refractivity contribution < 1.29 is 32.6 Å². The summed E-state index contributed by atoms with van der Waals surface area (Å²) in [5.41, 5.74) is 2.00. The van der Waals surface area contributed by atoms with Gasteiger partial charge in [-0.15, -0.1) is 11.3 Å². The molecular weight excluding hydrogens is 578 g/mol. The molecule has 2 saturated heterocycles. The van der Waals surface area contributed by atoms with Crippen LogP contribution in [-0.2, 0) is 31.5 Å². The first-order chi connectivity index (χ1) is 20.7. The maximum absolute atomic E-state index is 14.1. The van der Waals surface area contributed by atoms with Gasteiger partial charge in [-0.1, -0.05) is 36.4 Å². The van der Waals surface area contributed by atoms with Crippen molar-refractivity contribution in [2.24, 2.45) is 0 Å². The van der Waals surface area contributed by atoms with E-state index in [0.717, 1.165) is 11.2 Å². The molecule has 9 nitrogen and oxygen atoms in total. The number of nitrogens with zero attached hydrogens (tertiary/aromatic N) is 2. The fourth-order valence-electron chi connectivity index (χ4n) is 5.18. The van der Waals surface area contributed by atoms with Crippen LogP contribution in [0.2, 0.25) is 0 Å². The molecule has 226 valence electrons. The molecule has 3 aromatic rings. The zero-order chi connectivity index (χ0) is 31.0. The highest BCUT2D eigenvalue weighted by molar-refractivity contribution is 7.10. The van der Waals surface area contributed by atoms with Gasteiger partial charge in [0, 0.05) is 33.4 Å². The lowest BCUT2D eigenvalue weighted by Crippen LogP contribution is -2.40. The Bertz CT molecular complexity index is 1500. The zero-order valence-electron chi connectivity index (χ0n) is 23.8. The summed E-state index contributed by atoms with van der Waals surface area (Å²) in [5, 5.41) is 16.2. The molecule has 3 heterocycles. The van der Waals surface area contributed by atoms with E-state index in [1.165, 1.54) is 35.6 Å². The average Bonchev–Trinajstić information content (AvgIpc) is 3.80. The number of likely N-dealkylation sites (tertiary alicyclic amines) is 1. The van der Waals surface area contributed by atoms with E-state index in [1.807, 2.05) is 11.9 Å². The summed E-state index contributed by atoms with van der Waals surface area (Å²) < 4.78 is 39.5. The van der Waals surface area contributed by atoms with E-state index < -0.39 is 11.7 Å². The molecule has 0 bridgehead atoms. The zero-order valence-corrected chi connectivity index (χ0v) is 24.6. The van der Waals surface area contributed by atoms with Crippen LogP contribution < -0.4 is 10.6 Å². The summed E-state index contributed by atoms with van der Waals surface area (Å²) in [6.45, 7) is 2.70. The lowest BCUT2D eigenvalue weighted by atomic mass is 10.0.